The number of rotatable bonds is 3. The summed E-state index contributed by atoms with van der Waals surface area (Å²) >= 11 is 0. The molecular weight excluding hydrogens is 228 g/mol. The van der Waals surface area contributed by atoms with Crippen molar-refractivity contribution in [1.82, 2.24) is 0 Å². The zero-order valence-electron chi connectivity index (χ0n) is 10.8. The summed E-state index contributed by atoms with van der Waals surface area (Å²) in [5.74, 6) is 1.35. The number of aliphatic imine (C=N–C) groups is 2. The molecule has 18 heavy (non-hydrogen) atoms. The van der Waals surface area contributed by atoms with Gasteiger partial charge in [-0.15, -0.1) is 0 Å². The second kappa shape index (κ2) is 6.19. The summed E-state index contributed by atoms with van der Waals surface area (Å²) in [6, 6.07) is 9.83. The highest BCUT2D eigenvalue weighted by Crippen LogP contribution is 2.23. The van der Waals surface area contributed by atoms with E-state index in [-0.39, 0.29) is 6.04 Å². The van der Waals surface area contributed by atoms with E-state index in [1.165, 1.54) is 0 Å². The van der Waals surface area contributed by atoms with E-state index in [1.54, 1.807) is 0 Å². The van der Waals surface area contributed by atoms with Crippen molar-refractivity contribution in [3.8, 4) is 0 Å². The topological polar surface area (TPSA) is 43.2 Å². The minimum absolute atomic E-state index is 0.179. The molecule has 1 atom stereocenters. The Bertz CT molecular complexity index is 440. The molecule has 1 aliphatic rings. The maximum atomic E-state index is 5.56. The van der Waals surface area contributed by atoms with Crippen molar-refractivity contribution in [2.45, 2.75) is 19.9 Å². The molecule has 1 aromatic carbocycles. The summed E-state index contributed by atoms with van der Waals surface area (Å²) in [5, 5.41) is 0. The van der Waals surface area contributed by atoms with Crippen LogP contribution in [-0.2, 0) is 9.47 Å². The van der Waals surface area contributed by atoms with Gasteiger partial charge in [-0.1, -0.05) is 30.3 Å². The fourth-order valence-corrected chi connectivity index (χ4v) is 1.85. The van der Waals surface area contributed by atoms with Crippen LogP contribution in [0.1, 0.15) is 25.5 Å². The molecule has 0 N–H and O–H groups in total. The minimum atomic E-state index is -0.179. The molecule has 0 aromatic heterocycles. The lowest BCUT2D eigenvalue weighted by molar-refractivity contribution is 0.294. The van der Waals surface area contributed by atoms with E-state index >= 15 is 0 Å². The van der Waals surface area contributed by atoms with Gasteiger partial charge in [-0.25, -0.2) is 9.98 Å². The van der Waals surface area contributed by atoms with Gasteiger partial charge in [0.25, 0.3) is 0 Å². The molecule has 1 aliphatic heterocycles. The molecule has 0 fully saturated rings. The summed E-state index contributed by atoms with van der Waals surface area (Å²) < 4.78 is 11.0. The molecule has 96 valence electrons. The van der Waals surface area contributed by atoms with Crippen LogP contribution in [-0.4, -0.2) is 31.6 Å². The minimum Gasteiger partial charge on any atom is -0.480 e. The van der Waals surface area contributed by atoms with Crippen LogP contribution >= 0.6 is 0 Å². The van der Waals surface area contributed by atoms with Gasteiger partial charge in [-0.3, -0.25) is 0 Å². The number of hydrogen-bond acceptors (Lipinski definition) is 4. The van der Waals surface area contributed by atoms with E-state index in [0.29, 0.717) is 31.6 Å². The number of hydrogen-bond donors (Lipinski definition) is 0. The van der Waals surface area contributed by atoms with Gasteiger partial charge in [-0.2, -0.15) is 0 Å². The van der Waals surface area contributed by atoms with Gasteiger partial charge in [0.1, 0.15) is 6.54 Å². The lowest BCUT2D eigenvalue weighted by atomic mass is 10.1. The van der Waals surface area contributed by atoms with E-state index in [0.717, 1.165) is 5.56 Å². The first-order chi connectivity index (χ1) is 8.85. The highest BCUT2D eigenvalue weighted by Gasteiger charge is 2.23. The van der Waals surface area contributed by atoms with E-state index in [9.17, 15) is 0 Å². The van der Waals surface area contributed by atoms with Crippen molar-refractivity contribution in [3.05, 3.63) is 35.9 Å². The predicted molar refractivity (Wildman–Crippen MR) is 72.2 cm³/mol. The second-order valence-electron chi connectivity index (χ2n) is 3.86. The number of ether oxygens (including phenoxy) is 2. The molecule has 0 spiro atoms. The maximum Gasteiger partial charge on any atom is 0.214 e. The lowest BCUT2D eigenvalue weighted by Crippen LogP contribution is -2.24. The standard InChI is InChI=1S/C14H18N2O2/c1-3-17-12-10-15-14(18-4-2)13(16-12)11-8-6-5-7-9-11/h5-9,13H,3-4,10H2,1-2H3. The number of benzene rings is 1. The SMILES string of the molecule is CCOC1=NC(c2ccccc2)C(OCC)=NC1. The largest absolute Gasteiger partial charge is 0.480 e. The van der Waals surface area contributed by atoms with Crippen molar-refractivity contribution in [1.29, 1.82) is 0 Å². The first-order valence-electron chi connectivity index (χ1n) is 6.26. The van der Waals surface area contributed by atoms with Crippen LogP contribution in [0, 0.1) is 0 Å². The highest BCUT2D eigenvalue weighted by molar-refractivity contribution is 5.92. The summed E-state index contributed by atoms with van der Waals surface area (Å²) in [4.78, 5) is 9.00. The Morgan fingerprint density at radius 2 is 1.83 bits per heavy atom. The van der Waals surface area contributed by atoms with Crippen LogP contribution in [0.15, 0.2) is 40.3 Å². The van der Waals surface area contributed by atoms with Crippen LogP contribution in [0.25, 0.3) is 0 Å². The molecule has 4 heteroatoms. The molecule has 1 heterocycles. The lowest BCUT2D eigenvalue weighted by Gasteiger charge is -2.21. The summed E-state index contributed by atoms with van der Waals surface area (Å²) in [7, 11) is 0. The summed E-state index contributed by atoms with van der Waals surface area (Å²) in [6.07, 6.45) is 0. The molecule has 0 saturated heterocycles. The maximum absolute atomic E-state index is 5.56. The van der Waals surface area contributed by atoms with E-state index in [4.69, 9.17) is 9.47 Å². The molecule has 1 unspecified atom stereocenters. The van der Waals surface area contributed by atoms with Crippen LogP contribution < -0.4 is 0 Å². The van der Waals surface area contributed by atoms with Gasteiger partial charge >= 0.3 is 0 Å². The van der Waals surface area contributed by atoms with Crippen molar-refractivity contribution in [2.24, 2.45) is 9.98 Å². The van der Waals surface area contributed by atoms with Crippen LogP contribution in [0.3, 0.4) is 0 Å². The third-order valence-electron chi connectivity index (χ3n) is 2.60. The van der Waals surface area contributed by atoms with Crippen molar-refractivity contribution in [3.63, 3.8) is 0 Å². The van der Waals surface area contributed by atoms with Crippen LogP contribution in [0.2, 0.25) is 0 Å². The van der Waals surface area contributed by atoms with Crippen LogP contribution in [0.5, 0.6) is 0 Å². The normalized spacial score (nSPS) is 18.9. The molecule has 1 aromatic rings. The van der Waals surface area contributed by atoms with Gasteiger partial charge in [0.15, 0.2) is 6.04 Å². The Kier molecular flexibility index (Phi) is 4.34. The molecule has 0 saturated carbocycles. The van der Waals surface area contributed by atoms with E-state index in [1.807, 2.05) is 44.2 Å². The Labute approximate surface area is 107 Å². The van der Waals surface area contributed by atoms with Crippen LogP contribution in [0.4, 0.5) is 0 Å². The molecule has 0 radical (unpaired) electrons. The van der Waals surface area contributed by atoms with Gasteiger partial charge in [0.05, 0.1) is 13.2 Å². The molecular formula is C14H18N2O2. The zero-order chi connectivity index (χ0) is 12.8. The van der Waals surface area contributed by atoms with Gasteiger partial charge in [-0.05, 0) is 19.4 Å². The summed E-state index contributed by atoms with van der Waals surface area (Å²) in [6.45, 7) is 5.57. The zero-order valence-corrected chi connectivity index (χ0v) is 10.8. The monoisotopic (exact) mass is 246 g/mol. The van der Waals surface area contributed by atoms with E-state index < -0.39 is 0 Å². The van der Waals surface area contributed by atoms with Gasteiger partial charge < -0.3 is 9.47 Å². The van der Waals surface area contributed by atoms with Gasteiger partial charge in [0.2, 0.25) is 11.8 Å². The van der Waals surface area contributed by atoms with Crippen molar-refractivity contribution < 1.29 is 9.47 Å². The van der Waals surface area contributed by atoms with Crippen molar-refractivity contribution >= 4 is 11.8 Å². The quantitative estimate of drug-likeness (QED) is 0.822. The van der Waals surface area contributed by atoms with E-state index in [2.05, 4.69) is 9.98 Å². The Hall–Kier alpha value is -1.84. The Morgan fingerprint density at radius 3 is 2.50 bits per heavy atom. The Balaban J connectivity index is 2.25. The predicted octanol–water partition coefficient (Wildman–Crippen LogP) is 2.61. The highest BCUT2D eigenvalue weighted by atomic mass is 16.5. The fourth-order valence-electron chi connectivity index (χ4n) is 1.85. The van der Waals surface area contributed by atoms with Crippen molar-refractivity contribution in [2.75, 3.05) is 19.8 Å². The third-order valence-corrected chi connectivity index (χ3v) is 2.60. The average Bonchev–Trinajstić information content (AvgIpc) is 2.42. The number of nitrogens with zero attached hydrogens (tertiary/aromatic N) is 2. The smallest absolute Gasteiger partial charge is 0.214 e. The summed E-state index contributed by atoms with van der Waals surface area (Å²) in [5.41, 5.74) is 1.07. The molecule has 0 bridgehead atoms. The average molecular weight is 246 g/mol. The molecule has 4 nitrogen and oxygen atoms in total. The third kappa shape index (κ3) is 2.88. The molecule has 0 amide bonds. The first kappa shape index (κ1) is 12.6. The molecule has 0 aliphatic carbocycles. The fraction of sp³-hybridized carbons (Fsp3) is 0.429. The molecule has 2 rings (SSSR count). The van der Waals surface area contributed by atoms with Gasteiger partial charge in [0, 0.05) is 0 Å². The second-order valence-corrected chi connectivity index (χ2v) is 3.86. The first-order valence-corrected chi connectivity index (χ1v) is 6.26. The Morgan fingerprint density at radius 1 is 1.11 bits per heavy atom.